The van der Waals surface area contributed by atoms with Crippen molar-refractivity contribution in [2.45, 2.75) is 43.2 Å². The summed E-state index contributed by atoms with van der Waals surface area (Å²) in [6, 6.07) is 19.9. The minimum atomic E-state index is -1.00. The Kier molecular flexibility index (Phi) is 6.30. The molecule has 0 bridgehead atoms. The van der Waals surface area contributed by atoms with Crippen LogP contribution < -0.4 is 5.32 Å². The van der Waals surface area contributed by atoms with E-state index in [2.05, 4.69) is 5.32 Å². The number of rotatable bonds is 9. The predicted molar refractivity (Wildman–Crippen MR) is 108 cm³/mol. The molecule has 2 aromatic carbocycles. The first kappa shape index (κ1) is 19.6. The largest absolute Gasteiger partial charge is 0.387 e. The van der Waals surface area contributed by atoms with Gasteiger partial charge in [0, 0.05) is 20.1 Å². The van der Waals surface area contributed by atoms with Gasteiger partial charge in [-0.2, -0.15) is 0 Å². The zero-order valence-electron chi connectivity index (χ0n) is 16.3. The van der Waals surface area contributed by atoms with Crippen LogP contribution in [0, 0.1) is 0 Å². The fourth-order valence-corrected chi connectivity index (χ4v) is 3.80. The van der Waals surface area contributed by atoms with E-state index in [9.17, 15) is 9.90 Å². The van der Waals surface area contributed by atoms with E-state index in [1.165, 1.54) is 12.8 Å². The van der Waals surface area contributed by atoms with Gasteiger partial charge in [0.25, 0.3) is 0 Å². The van der Waals surface area contributed by atoms with Crippen molar-refractivity contribution in [3.8, 4) is 0 Å². The van der Waals surface area contributed by atoms with E-state index >= 15 is 0 Å². The van der Waals surface area contributed by atoms with Gasteiger partial charge in [0.2, 0.25) is 5.91 Å². The highest BCUT2D eigenvalue weighted by atomic mass is 16.3. The summed E-state index contributed by atoms with van der Waals surface area (Å²) in [5.74, 6) is -0.0588. The molecule has 3 rings (SSSR count). The van der Waals surface area contributed by atoms with Gasteiger partial charge in [-0.1, -0.05) is 60.7 Å². The lowest BCUT2D eigenvalue weighted by Gasteiger charge is -2.39. The molecule has 2 N–H and O–H groups in total. The van der Waals surface area contributed by atoms with Crippen molar-refractivity contribution in [2.75, 3.05) is 20.6 Å². The summed E-state index contributed by atoms with van der Waals surface area (Å²) in [6.07, 6.45) is 3.00. The molecule has 0 radical (unpaired) electrons. The number of nitrogens with zero attached hydrogens (tertiary/aromatic N) is 1. The summed E-state index contributed by atoms with van der Waals surface area (Å²) in [5, 5.41) is 15.0. The molecule has 1 fully saturated rings. The zero-order chi connectivity index (χ0) is 19.3. The molecule has 0 aromatic heterocycles. The average molecular weight is 367 g/mol. The second kappa shape index (κ2) is 8.68. The van der Waals surface area contributed by atoms with E-state index in [0.717, 1.165) is 24.1 Å². The Bertz CT molecular complexity index is 729. The molecule has 1 saturated carbocycles. The van der Waals surface area contributed by atoms with Gasteiger partial charge in [-0.25, -0.2) is 0 Å². The third kappa shape index (κ3) is 4.40. The predicted octanol–water partition coefficient (Wildman–Crippen LogP) is 3.28. The van der Waals surface area contributed by atoms with Crippen molar-refractivity contribution in [1.82, 2.24) is 10.2 Å². The standard InChI is InChI=1S/C23H30N2O2/c1-25(2)22(27)23(19-12-7-4-8-13-19,16-9-17-24-20-14-15-20)21(26)18-10-5-3-6-11-18/h3-8,10-13,20-21,24,26H,9,14-17H2,1-2H3. The van der Waals surface area contributed by atoms with Crippen LogP contribution in [0.3, 0.4) is 0 Å². The number of nitrogens with one attached hydrogen (secondary N) is 1. The number of carbonyl (C=O) groups is 1. The molecular formula is C23H30N2O2. The molecule has 2 unspecified atom stereocenters. The van der Waals surface area contributed by atoms with Gasteiger partial charge in [0.1, 0.15) is 5.41 Å². The molecule has 1 aliphatic carbocycles. The van der Waals surface area contributed by atoms with Gasteiger partial charge in [-0.15, -0.1) is 0 Å². The number of aliphatic hydroxyl groups is 1. The minimum absolute atomic E-state index is 0.0588. The van der Waals surface area contributed by atoms with Crippen molar-refractivity contribution in [2.24, 2.45) is 0 Å². The number of likely N-dealkylation sites (N-methyl/N-ethyl adjacent to an activating group) is 1. The Morgan fingerprint density at radius 2 is 1.70 bits per heavy atom. The number of hydrogen-bond donors (Lipinski definition) is 2. The molecule has 0 saturated heterocycles. The van der Waals surface area contributed by atoms with E-state index in [4.69, 9.17) is 0 Å². The maximum Gasteiger partial charge on any atom is 0.235 e. The first-order valence-electron chi connectivity index (χ1n) is 9.79. The Morgan fingerprint density at radius 1 is 1.11 bits per heavy atom. The third-order valence-corrected chi connectivity index (χ3v) is 5.42. The molecule has 1 amide bonds. The Labute approximate surface area is 162 Å². The van der Waals surface area contributed by atoms with Crippen LogP contribution in [0.2, 0.25) is 0 Å². The third-order valence-electron chi connectivity index (χ3n) is 5.42. The first-order valence-corrected chi connectivity index (χ1v) is 9.79. The normalized spacial score (nSPS) is 17.1. The molecule has 27 heavy (non-hydrogen) atoms. The fraction of sp³-hybridized carbons (Fsp3) is 0.435. The van der Waals surface area contributed by atoms with Crippen LogP contribution in [0.1, 0.15) is 42.9 Å². The van der Waals surface area contributed by atoms with Crippen molar-refractivity contribution in [1.29, 1.82) is 0 Å². The summed E-state index contributed by atoms with van der Waals surface area (Å²) in [4.78, 5) is 15.1. The smallest absolute Gasteiger partial charge is 0.235 e. The molecule has 2 atom stereocenters. The molecule has 2 aromatic rings. The van der Waals surface area contributed by atoms with Crippen molar-refractivity contribution in [3.63, 3.8) is 0 Å². The Morgan fingerprint density at radius 3 is 2.26 bits per heavy atom. The second-order valence-electron chi connectivity index (χ2n) is 7.68. The molecule has 0 aliphatic heterocycles. The zero-order valence-corrected chi connectivity index (χ0v) is 16.3. The summed E-state index contributed by atoms with van der Waals surface area (Å²) in [7, 11) is 3.53. The van der Waals surface area contributed by atoms with Crippen LogP contribution in [0.15, 0.2) is 60.7 Å². The highest BCUT2D eigenvalue weighted by molar-refractivity contribution is 5.89. The van der Waals surface area contributed by atoms with Gasteiger partial charge in [0.15, 0.2) is 0 Å². The molecule has 144 valence electrons. The van der Waals surface area contributed by atoms with E-state index in [-0.39, 0.29) is 5.91 Å². The van der Waals surface area contributed by atoms with Crippen LogP contribution in [-0.4, -0.2) is 42.6 Å². The minimum Gasteiger partial charge on any atom is -0.387 e. The number of aliphatic hydroxyl groups excluding tert-OH is 1. The van der Waals surface area contributed by atoms with E-state index in [1.807, 2.05) is 60.7 Å². The molecule has 1 aliphatic rings. The lowest BCUT2D eigenvalue weighted by molar-refractivity contribution is -0.140. The van der Waals surface area contributed by atoms with Gasteiger partial charge in [-0.3, -0.25) is 4.79 Å². The summed E-state index contributed by atoms with van der Waals surface area (Å²) >= 11 is 0. The number of amides is 1. The Balaban J connectivity index is 1.98. The second-order valence-corrected chi connectivity index (χ2v) is 7.68. The topological polar surface area (TPSA) is 52.6 Å². The van der Waals surface area contributed by atoms with E-state index in [1.54, 1.807) is 19.0 Å². The quantitative estimate of drug-likeness (QED) is 0.670. The number of benzene rings is 2. The number of carbonyl (C=O) groups excluding carboxylic acids is 1. The van der Waals surface area contributed by atoms with Gasteiger partial charge < -0.3 is 15.3 Å². The van der Waals surface area contributed by atoms with Crippen LogP contribution in [-0.2, 0) is 10.2 Å². The van der Waals surface area contributed by atoms with Crippen LogP contribution in [0.5, 0.6) is 0 Å². The van der Waals surface area contributed by atoms with E-state index < -0.39 is 11.5 Å². The maximum atomic E-state index is 13.5. The lowest BCUT2D eigenvalue weighted by Crippen LogP contribution is -2.48. The van der Waals surface area contributed by atoms with Gasteiger partial charge in [-0.05, 0) is 43.4 Å². The molecule has 0 spiro atoms. The highest BCUT2D eigenvalue weighted by Gasteiger charge is 2.47. The lowest BCUT2D eigenvalue weighted by atomic mass is 9.69. The molecule has 4 heteroatoms. The van der Waals surface area contributed by atoms with Gasteiger partial charge >= 0.3 is 0 Å². The number of hydrogen-bond acceptors (Lipinski definition) is 3. The average Bonchev–Trinajstić information content (AvgIpc) is 3.53. The molecular weight excluding hydrogens is 336 g/mol. The highest BCUT2D eigenvalue weighted by Crippen LogP contribution is 2.42. The Hall–Kier alpha value is -2.17. The summed E-state index contributed by atoms with van der Waals surface area (Å²) in [6.45, 7) is 0.863. The van der Waals surface area contributed by atoms with Crippen molar-refractivity contribution >= 4 is 5.91 Å². The SMILES string of the molecule is CN(C)C(=O)C(CCCNC1CC1)(c1ccccc1)C(O)c1ccccc1. The fourth-order valence-electron chi connectivity index (χ4n) is 3.80. The van der Waals surface area contributed by atoms with E-state index in [0.29, 0.717) is 12.5 Å². The van der Waals surface area contributed by atoms with Crippen LogP contribution in [0.25, 0.3) is 0 Å². The summed E-state index contributed by atoms with van der Waals surface area (Å²) in [5.41, 5.74) is 0.635. The molecule has 4 nitrogen and oxygen atoms in total. The molecule has 0 heterocycles. The first-order chi connectivity index (χ1) is 13.1. The summed E-state index contributed by atoms with van der Waals surface area (Å²) < 4.78 is 0. The monoisotopic (exact) mass is 366 g/mol. The van der Waals surface area contributed by atoms with Crippen LogP contribution in [0.4, 0.5) is 0 Å². The van der Waals surface area contributed by atoms with Gasteiger partial charge in [0.05, 0.1) is 6.10 Å². The van der Waals surface area contributed by atoms with Crippen molar-refractivity contribution < 1.29 is 9.90 Å². The van der Waals surface area contributed by atoms with Crippen LogP contribution >= 0.6 is 0 Å². The maximum absolute atomic E-state index is 13.5. The van der Waals surface area contributed by atoms with Crippen molar-refractivity contribution in [3.05, 3.63) is 71.8 Å².